The molecule has 0 aliphatic rings. The highest BCUT2D eigenvalue weighted by Gasteiger charge is 2.14. The molecule has 0 aliphatic carbocycles. The maximum absolute atomic E-state index is 5.83. The van der Waals surface area contributed by atoms with Crippen molar-refractivity contribution in [2.24, 2.45) is 0 Å². The Hall–Kier alpha value is -2.39. The van der Waals surface area contributed by atoms with Crippen molar-refractivity contribution in [3.05, 3.63) is 89.5 Å². The maximum Gasteiger partial charge on any atom is 0.129 e. The Morgan fingerprint density at radius 3 is 2.33 bits per heavy atom. The molecule has 1 aromatic carbocycles. The van der Waals surface area contributed by atoms with E-state index in [9.17, 15) is 0 Å². The second-order valence-corrected chi connectivity index (χ2v) is 5.00. The lowest BCUT2D eigenvalue weighted by molar-refractivity contribution is 0.885. The first-order valence-electron chi connectivity index (χ1n) is 6.67. The summed E-state index contributed by atoms with van der Waals surface area (Å²) >= 11 is 5.83. The lowest BCUT2D eigenvalue weighted by Crippen LogP contribution is -2.13. The smallest absolute Gasteiger partial charge is 0.129 e. The number of aromatic nitrogens is 2. The summed E-state index contributed by atoms with van der Waals surface area (Å²) in [5.74, 6) is 0. The Balaban J connectivity index is 1.95. The normalized spacial score (nSPS) is 11.9. The van der Waals surface area contributed by atoms with Crippen molar-refractivity contribution in [3.63, 3.8) is 0 Å². The van der Waals surface area contributed by atoms with E-state index in [1.807, 2.05) is 42.5 Å². The fourth-order valence-electron chi connectivity index (χ4n) is 2.15. The van der Waals surface area contributed by atoms with Crippen LogP contribution in [0.2, 0.25) is 5.15 Å². The van der Waals surface area contributed by atoms with Gasteiger partial charge in [0.15, 0.2) is 0 Å². The van der Waals surface area contributed by atoms with Gasteiger partial charge in [-0.2, -0.15) is 0 Å². The van der Waals surface area contributed by atoms with Crippen molar-refractivity contribution in [3.8, 4) is 0 Å². The molecule has 0 radical (unpaired) electrons. The fraction of sp³-hybridized carbons (Fsp3) is 0.0588. The molecule has 0 saturated heterocycles. The van der Waals surface area contributed by atoms with E-state index in [0.717, 1.165) is 16.9 Å². The Kier molecular flexibility index (Phi) is 4.12. The summed E-state index contributed by atoms with van der Waals surface area (Å²) in [6, 6.07) is 19.8. The molecule has 1 unspecified atom stereocenters. The molecule has 3 nitrogen and oxygen atoms in total. The molecule has 0 bridgehead atoms. The third-order valence-corrected chi connectivity index (χ3v) is 3.38. The zero-order valence-corrected chi connectivity index (χ0v) is 12.0. The summed E-state index contributed by atoms with van der Waals surface area (Å²) in [5, 5.41) is 3.94. The number of hydrogen-bond donors (Lipinski definition) is 1. The number of benzene rings is 1. The van der Waals surface area contributed by atoms with Gasteiger partial charge in [0.25, 0.3) is 0 Å². The minimum absolute atomic E-state index is 0.0321. The average molecular weight is 296 g/mol. The average Bonchev–Trinajstić information content (AvgIpc) is 2.56. The summed E-state index contributed by atoms with van der Waals surface area (Å²) in [6.45, 7) is 0. The lowest BCUT2D eigenvalue weighted by Gasteiger charge is -2.19. The molecule has 3 rings (SSSR count). The highest BCUT2D eigenvalue weighted by atomic mass is 35.5. The molecule has 1 atom stereocenters. The number of nitrogens with zero attached hydrogens (tertiary/aromatic N) is 2. The van der Waals surface area contributed by atoms with Crippen LogP contribution >= 0.6 is 11.6 Å². The van der Waals surface area contributed by atoms with E-state index in [1.165, 1.54) is 0 Å². The maximum atomic E-state index is 5.83. The monoisotopic (exact) mass is 295 g/mol. The zero-order chi connectivity index (χ0) is 14.5. The van der Waals surface area contributed by atoms with Gasteiger partial charge in [0.1, 0.15) is 5.15 Å². The summed E-state index contributed by atoms with van der Waals surface area (Å²) in [6.07, 6.45) is 3.52. The van der Waals surface area contributed by atoms with Crippen molar-refractivity contribution in [2.75, 3.05) is 5.32 Å². The first-order valence-corrected chi connectivity index (χ1v) is 7.05. The molecule has 0 spiro atoms. The molecule has 2 heterocycles. The first-order chi connectivity index (χ1) is 10.3. The van der Waals surface area contributed by atoms with E-state index in [-0.39, 0.29) is 6.04 Å². The molecular weight excluding hydrogens is 282 g/mol. The van der Waals surface area contributed by atoms with Gasteiger partial charge in [0.05, 0.1) is 23.6 Å². The Morgan fingerprint density at radius 1 is 0.857 bits per heavy atom. The Morgan fingerprint density at radius 2 is 1.67 bits per heavy atom. The second-order valence-electron chi connectivity index (χ2n) is 4.61. The van der Waals surface area contributed by atoms with E-state index >= 15 is 0 Å². The molecule has 104 valence electrons. The van der Waals surface area contributed by atoms with Gasteiger partial charge in [-0.05, 0) is 29.8 Å². The topological polar surface area (TPSA) is 37.8 Å². The first kappa shape index (κ1) is 13.6. The predicted octanol–water partition coefficient (Wildman–Crippen LogP) is 4.33. The van der Waals surface area contributed by atoms with Gasteiger partial charge in [0, 0.05) is 6.20 Å². The van der Waals surface area contributed by atoms with E-state index in [4.69, 9.17) is 11.6 Å². The Labute approximate surface area is 128 Å². The van der Waals surface area contributed by atoms with Gasteiger partial charge in [-0.1, -0.05) is 48.0 Å². The van der Waals surface area contributed by atoms with Crippen LogP contribution in [0.15, 0.2) is 73.1 Å². The minimum Gasteiger partial charge on any atom is -0.372 e. The summed E-state index contributed by atoms with van der Waals surface area (Å²) in [5.41, 5.74) is 3.00. The predicted molar refractivity (Wildman–Crippen MR) is 85.4 cm³/mol. The molecule has 0 saturated carbocycles. The fourth-order valence-corrected chi connectivity index (χ4v) is 2.26. The van der Waals surface area contributed by atoms with Crippen LogP contribution in [0.25, 0.3) is 0 Å². The number of nitrogens with one attached hydrogen (secondary N) is 1. The summed E-state index contributed by atoms with van der Waals surface area (Å²) in [7, 11) is 0. The van der Waals surface area contributed by atoms with Crippen LogP contribution in [0.5, 0.6) is 0 Å². The van der Waals surface area contributed by atoms with Crippen LogP contribution in [0.3, 0.4) is 0 Å². The molecule has 2 aromatic heterocycles. The third kappa shape index (κ3) is 3.38. The van der Waals surface area contributed by atoms with Gasteiger partial charge >= 0.3 is 0 Å². The van der Waals surface area contributed by atoms with E-state index in [0.29, 0.717) is 5.15 Å². The number of anilines is 1. The molecule has 4 heteroatoms. The highest BCUT2D eigenvalue weighted by Crippen LogP contribution is 2.25. The Bertz CT molecular complexity index is 645. The number of pyridine rings is 2. The molecule has 3 aromatic rings. The van der Waals surface area contributed by atoms with Crippen molar-refractivity contribution in [1.29, 1.82) is 0 Å². The highest BCUT2D eigenvalue weighted by molar-refractivity contribution is 6.29. The van der Waals surface area contributed by atoms with Gasteiger partial charge in [-0.15, -0.1) is 0 Å². The van der Waals surface area contributed by atoms with Crippen molar-refractivity contribution < 1.29 is 0 Å². The summed E-state index contributed by atoms with van der Waals surface area (Å²) in [4.78, 5) is 8.56. The van der Waals surface area contributed by atoms with Crippen molar-refractivity contribution in [1.82, 2.24) is 9.97 Å². The molecular formula is C17H14ClN3. The lowest BCUT2D eigenvalue weighted by atomic mass is 10.0. The van der Waals surface area contributed by atoms with E-state index in [1.54, 1.807) is 18.5 Å². The van der Waals surface area contributed by atoms with Gasteiger partial charge in [0.2, 0.25) is 0 Å². The number of halogens is 1. The van der Waals surface area contributed by atoms with Crippen molar-refractivity contribution >= 4 is 17.3 Å². The molecule has 21 heavy (non-hydrogen) atoms. The largest absolute Gasteiger partial charge is 0.372 e. The molecule has 0 aliphatic heterocycles. The standard InChI is InChI=1S/C17H14ClN3/c18-16-10-9-14(12-20-16)21-17(13-6-2-1-3-7-13)15-8-4-5-11-19-15/h1-12,17,21H. The number of rotatable bonds is 4. The SMILES string of the molecule is Clc1ccc(NC(c2ccccc2)c2ccccn2)cn1. The van der Waals surface area contributed by atoms with Crippen LogP contribution in [-0.2, 0) is 0 Å². The van der Waals surface area contributed by atoms with E-state index in [2.05, 4.69) is 27.4 Å². The zero-order valence-electron chi connectivity index (χ0n) is 11.3. The van der Waals surface area contributed by atoms with Crippen LogP contribution in [0.4, 0.5) is 5.69 Å². The minimum atomic E-state index is -0.0321. The summed E-state index contributed by atoms with van der Waals surface area (Å²) < 4.78 is 0. The van der Waals surface area contributed by atoms with Crippen LogP contribution in [0.1, 0.15) is 17.3 Å². The van der Waals surface area contributed by atoms with Gasteiger partial charge < -0.3 is 5.32 Å². The van der Waals surface area contributed by atoms with Crippen molar-refractivity contribution in [2.45, 2.75) is 6.04 Å². The van der Waals surface area contributed by atoms with E-state index < -0.39 is 0 Å². The quantitative estimate of drug-likeness (QED) is 0.728. The van der Waals surface area contributed by atoms with Gasteiger partial charge in [-0.25, -0.2) is 4.98 Å². The second kappa shape index (κ2) is 6.37. The third-order valence-electron chi connectivity index (χ3n) is 3.15. The van der Waals surface area contributed by atoms with Crippen LogP contribution in [-0.4, -0.2) is 9.97 Å². The van der Waals surface area contributed by atoms with Crippen LogP contribution in [0, 0.1) is 0 Å². The van der Waals surface area contributed by atoms with Gasteiger partial charge in [-0.3, -0.25) is 4.98 Å². The number of hydrogen-bond acceptors (Lipinski definition) is 3. The van der Waals surface area contributed by atoms with Crippen LogP contribution < -0.4 is 5.32 Å². The molecule has 0 amide bonds. The molecule has 1 N–H and O–H groups in total. The molecule has 0 fully saturated rings.